The monoisotopic (exact) mass is 697 g/mol. The van der Waals surface area contributed by atoms with E-state index < -0.39 is 0 Å². The zero-order chi connectivity index (χ0) is 36.2. The highest BCUT2D eigenvalue weighted by atomic mass is 15.0. The average molecular weight is 698 g/mol. The summed E-state index contributed by atoms with van der Waals surface area (Å²) in [6.07, 6.45) is 26.7. The van der Waals surface area contributed by atoms with E-state index in [0.717, 1.165) is 44.9 Å². The van der Waals surface area contributed by atoms with Gasteiger partial charge in [-0.05, 0) is 139 Å². The first-order chi connectivity index (χ1) is 26.6. The Kier molecular flexibility index (Phi) is 8.13. The van der Waals surface area contributed by atoms with Gasteiger partial charge in [0.1, 0.15) is 0 Å². The molecule has 5 aromatic carbocycles. The summed E-state index contributed by atoms with van der Waals surface area (Å²) in [5.74, 6) is 0. The molecule has 1 heteroatoms. The SMILES string of the molecule is Cc1ccc2c(c1)c1cc(C3=CC=CCC3)ccc1n2C1C=C2C(=CC1)c1cc(Cc3ccccc3C)ccc1C2(C1=CC=CCCC1)c1ccccc1. The first-order valence-corrected chi connectivity index (χ1v) is 20.0. The van der Waals surface area contributed by atoms with Gasteiger partial charge in [-0.1, -0.05) is 145 Å². The van der Waals surface area contributed by atoms with Crippen LogP contribution in [-0.2, 0) is 11.8 Å². The lowest BCUT2D eigenvalue weighted by Gasteiger charge is -2.38. The molecule has 2 unspecified atom stereocenters. The Morgan fingerprint density at radius 2 is 1.52 bits per heavy atom. The topological polar surface area (TPSA) is 4.93 Å². The van der Waals surface area contributed by atoms with Gasteiger partial charge in [-0.15, -0.1) is 0 Å². The van der Waals surface area contributed by atoms with Crippen LogP contribution in [0.2, 0.25) is 0 Å². The quantitative estimate of drug-likeness (QED) is 0.163. The number of aromatic nitrogens is 1. The van der Waals surface area contributed by atoms with Gasteiger partial charge in [0.25, 0.3) is 0 Å². The maximum Gasteiger partial charge on any atom is 0.0674 e. The predicted octanol–water partition coefficient (Wildman–Crippen LogP) is 13.7. The standard InChI is InChI=1S/C53H47N/c1-36-23-29-51-47(31-36)48-34-41(39-16-7-5-8-17-39)25-30-52(48)54(51)44-26-27-45-46-33-38(32-40-18-14-13-15-37(40)2)24-28-49(46)53(50(45)35-44,43-21-11-6-12-22-43)42-19-9-3-4-10-20-42/h3,5-7,9,11-16,18-19,21-25,27-31,33-35,44H,4,8,10,17,20,26,32H2,1-2H3. The Bertz CT molecular complexity index is 2650. The van der Waals surface area contributed by atoms with Crippen LogP contribution in [-0.4, -0.2) is 4.57 Å². The number of nitrogens with zero attached hydrogens (tertiary/aromatic N) is 1. The molecular formula is C53H47N. The highest BCUT2D eigenvalue weighted by Gasteiger charge is 2.50. The van der Waals surface area contributed by atoms with Crippen molar-refractivity contribution >= 4 is 33.0 Å². The van der Waals surface area contributed by atoms with Gasteiger partial charge in [-0.2, -0.15) is 0 Å². The molecule has 4 aliphatic rings. The summed E-state index contributed by atoms with van der Waals surface area (Å²) in [5, 5.41) is 2.71. The van der Waals surface area contributed by atoms with Gasteiger partial charge in [0, 0.05) is 21.8 Å². The number of hydrogen-bond acceptors (Lipinski definition) is 0. The van der Waals surface area contributed by atoms with Gasteiger partial charge in [0.15, 0.2) is 0 Å². The minimum atomic E-state index is -0.361. The summed E-state index contributed by atoms with van der Waals surface area (Å²) in [6.45, 7) is 4.46. The van der Waals surface area contributed by atoms with Crippen molar-refractivity contribution in [2.24, 2.45) is 0 Å². The third-order valence-electron chi connectivity index (χ3n) is 12.7. The summed E-state index contributed by atoms with van der Waals surface area (Å²) in [5.41, 5.74) is 19.1. The molecule has 54 heavy (non-hydrogen) atoms. The first kappa shape index (κ1) is 32.9. The van der Waals surface area contributed by atoms with Gasteiger partial charge < -0.3 is 4.57 Å². The van der Waals surface area contributed by atoms with E-state index in [1.807, 2.05) is 0 Å². The van der Waals surface area contributed by atoms with Crippen LogP contribution in [0.5, 0.6) is 0 Å². The molecule has 0 aliphatic heterocycles. The van der Waals surface area contributed by atoms with Crippen molar-refractivity contribution in [3.8, 4) is 0 Å². The molecule has 0 spiro atoms. The molecule has 1 aromatic heterocycles. The van der Waals surface area contributed by atoms with E-state index in [1.165, 1.54) is 88.6 Å². The van der Waals surface area contributed by atoms with Gasteiger partial charge in [0.05, 0.1) is 11.5 Å². The van der Waals surface area contributed by atoms with Crippen molar-refractivity contribution in [1.82, 2.24) is 4.57 Å². The summed E-state index contributed by atoms with van der Waals surface area (Å²) in [6, 6.07) is 42.2. The van der Waals surface area contributed by atoms with Crippen molar-refractivity contribution in [3.05, 3.63) is 213 Å². The van der Waals surface area contributed by atoms with Crippen molar-refractivity contribution in [1.29, 1.82) is 0 Å². The van der Waals surface area contributed by atoms with Crippen LogP contribution in [0.25, 0.3) is 33.0 Å². The van der Waals surface area contributed by atoms with E-state index in [0.29, 0.717) is 0 Å². The maximum absolute atomic E-state index is 2.68. The molecule has 1 nitrogen and oxygen atoms in total. The summed E-state index contributed by atoms with van der Waals surface area (Å²) in [7, 11) is 0. The predicted molar refractivity (Wildman–Crippen MR) is 229 cm³/mol. The molecule has 0 amide bonds. The zero-order valence-electron chi connectivity index (χ0n) is 31.5. The smallest absolute Gasteiger partial charge is 0.0674 e. The molecular weight excluding hydrogens is 651 g/mol. The number of hydrogen-bond donors (Lipinski definition) is 0. The second kappa shape index (κ2) is 13.3. The number of fused-ring (bicyclic) bond motifs is 6. The second-order valence-corrected chi connectivity index (χ2v) is 15.9. The van der Waals surface area contributed by atoms with E-state index in [1.54, 1.807) is 0 Å². The van der Waals surface area contributed by atoms with Crippen molar-refractivity contribution in [2.75, 3.05) is 0 Å². The summed E-state index contributed by atoms with van der Waals surface area (Å²) in [4.78, 5) is 0. The molecule has 264 valence electrons. The van der Waals surface area contributed by atoms with Gasteiger partial charge >= 0.3 is 0 Å². The molecule has 0 saturated heterocycles. The van der Waals surface area contributed by atoms with Crippen molar-refractivity contribution in [3.63, 3.8) is 0 Å². The van der Waals surface area contributed by atoms with E-state index in [4.69, 9.17) is 0 Å². The lowest BCUT2D eigenvalue weighted by Crippen LogP contribution is -2.31. The summed E-state index contributed by atoms with van der Waals surface area (Å²) >= 11 is 0. The molecule has 4 aliphatic carbocycles. The molecule has 2 atom stereocenters. The number of aryl methyl sites for hydroxylation is 2. The maximum atomic E-state index is 2.68. The molecule has 10 rings (SSSR count). The molecule has 0 fully saturated rings. The normalized spacial score (nSPS) is 20.6. The zero-order valence-corrected chi connectivity index (χ0v) is 31.5. The molecule has 0 bridgehead atoms. The number of rotatable bonds is 6. The van der Waals surface area contributed by atoms with E-state index in [2.05, 4.69) is 176 Å². The van der Waals surface area contributed by atoms with Gasteiger partial charge in [-0.3, -0.25) is 0 Å². The van der Waals surface area contributed by atoms with Crippen LogP contribution in [0.15, 0.2) is 169 Å². The first-order valence-electron chi connectivity index (χ1n) is 20.0. The van der Waals surface area contributed by atoms with Gasteiger partial charge in [0.2, 0.25) is 0 Å². The molecule has 0 radical (unpaired) electrons. The minimum absolute atomic E-state index is 0.180. The lowest BCUT2D eigenvalue weighted by molar-refractivity contribution is 0.619. The molecule has 0 saturated carbocycles. The minimum Gasteiger partial charge on any atom is -0.333 e. The molecule has 0 N–H and O–H groups in total. The van der Waals surface area contributed by atoms with Crippen LogP contribution in [0.1, 0.15) is 89.1 Å². The Labute approximate surface area is 320 Å². The lowest BCUT2D eigenvalue weighted by atomic mass is 9.65. The Hall–Kier alpha value is -5.66. The average Bonchev–Trinajstić information content (AvgIpc) is 3.51. The van der Waals surface area contributed by atoms with Crippen LogP contribution in [0.3, 0.4) is 0 Å². The fourth-order valence-electron chi connectivity index (χ4n) is 10.1. The van der Waals surface area contributed by atoms with Crippen LogP contribution >= 0.6 is 0 Å². The largest absolute Gasteiger partial charge is 0.333 e. The Morgan fingerprint density at radius 3 is 2.37 bits per heavy atom. The van der Waals surface area contributed by atoms with Crippen molar-refractivity contribution in [2.45, 2.75) is 70.3 Å². The number of benzene rings is 5. The van der Waals surface area contributed by atoms with E-state index in [9.17, 15) is 0 Å². The van der Waals surface area contributed by atoms with Crippen LogP contribution in [0.4, 0.5) is 0 Å². The molecule has 1 heterocycles. The number of allylic oxidation sites excluding steroid dienone is 12. The van der Waals surface area contributed by atoms with E-state index in [-0.39, 0.29) is 11.5 Å². The fourth-order valence-corrected chi connectivity index (χ4v) is 10.1. The highest BCUT2D eigenvalue weighted by Crippen LogP contribution is 2.60. The third-order valence-corrected chi connectivity index (χ3v) is 12.7. The van der Waals surface area contributed by atoms with Gasteiger partial charge in [-0.25, -0.2) is 0 Å². The highest BCUT2D eigenvalue weighted by molar-refractivity contribution is 6.09. The fraction of sp³-hybridized carbons (Fsp3) is 0.208. The van der Waals surface area contributed by atoms with Crippen molar-refractivity contribution < 1.29 is 0 Å². The second-order valence-electron chi connectivity index (χ2n) is 15.9. The van der Waals surface area contributed by atoms with E-state index >= 15 is 0 Å². The third kappa shape index (κ3) is 5.28. The van der Waals surface area contributed by atoms with Crippen LogP contribution < -0.4 is 0 Å². The Morgan fingerprint density at radius 1 is 0.722 bits per heavy atom. The summed E-state index contributed by atoms with van der Waals surface area (Å²) < 4.78 is 2.66. The molecule has 6 aromatic rings. The Balaban J connectivity index is 1.20. The van der Waals surface area contributed by atoms with Crippen LogP contribution in [0, 0.1) is 13.8 Å².